The Labute approximate surface area is 90.9 Å². The topological polar surface area (TPSA) is 55.5 Å². The lowest BCUT2D eigenvalue weighted by Gasteiger charge is -2.18. The number of rotatable bonds is 5. The number of nitrogens with two attached hydrogens (primary N) is 1. The lowest BCUT2D eigenvalue weighted by Crippen LogP contribution is -2.35. The molecule has 0 heterocycles. The normalized spacial score (nSPS) is 14.7. The molecule has 0 aliphatic heterocycles. The second-order valence-electron chi connectivity index (χ2n) is 3.66. The first-order chi connectivity index (χ1) is 7.19. The lowest BCUT2D eigenvalue weighted by molar-refractivity contribution is 0.142. The number of aliphatic hydroxyl groups excluding tert-OH is 1. The SMILES string of the molecule is CCC(N)C(O)Cc1ccccc1OC. The molecule has 0 spiro atoms. The van der Waals surface area contributed by atoms with Crippen LogP contribution in [0, 0.1) is 0 Å². The fourth-order valence-corrected chi connectivity index (χ4v) is 1.52. The van der Waals surface area contributed by atoms with Gasteiger partial charge >= 0.3 is 0 Å². The van der Waals surface area contributed by atoms with E-state index in [1.165, 1.54) is 0 Å². The van der Waals surface area contributed by atoms with E-state index in [9.17, 15) is 5.11 Å². The van der Waals surface area contributed by atoms with E-state index in [1.54, 1.807) is 7.11 Å². The summed E-state index contributed by atoms with van der Waals surface area (Å²) in [6, 6.07) is 7.51. The maximum Gasteiger partial charge on any atom is 0.122 e. The van der Waals surface area contributed by atoms with Gasteiger partial charge in [-0.2, -0.15) is 0 Å². The van der Waals surface area contributed by atoms with Crippen LogP contribution in [0.5, 0.6) is 5.75 Å². The van der Waals surface area contributed by atoms with Gasteiger partial charge in [0.05, 0.1) is 13.2 Å². The van der Waals surface area contributed by atoms with Gasteiger partial charge < -0.3 is 15.6 Å². The quantitative estimate of drug-likeness (QED) is 0.769. The molecule has 84 valence electrons. The Balaban J connectivity index is 2.71. The predicted molar refractivity (Wildman–Crippen MR) is 61.0 cm³/mol. The molecule has 3 nitrogen and oxygen atoms in total. The third-order valence-electron chi connectivity index (χ3n) is 2.59. The summed E-state index contributed by atoms with van der Waals surface area (Å²) in [5, 5.41) is 9.81. The van der Waals surface area contributed by atoms with Gasteiger partial charge in [0.25, 0.3) is 0 Å². The fourth-order valence-electron chi connectivity index (χ4n) is 1.52. The number of hydrogen-bond acceptors (Lipinski definition) is 3. The summed E-state index contributed by atoms with van der Waals surface area (Å²) in [5.74, 6) is 0.805. The summed E-state index contributed by atoms with van der Waals surface area (Å²) >= 11 is 0. The van der Waals surface area contributed by atoms with E-state index in [-0.39, 0.29) is 6.04 Å². The van der Waals surface area contributed by atoms with Crippen LogP contribution in [0.3, 0.4) is 0 Å². The Morgan fingerprint density at radius 2 is 2.07 bits per heavy atom. The molecule has 0 aromatic heterocycles. The average Bonchev–Trinajstić information content (AvgIpc) is 2.28. The first-order valence-corrected chi connectivity index (χ1v) is 5.24. The number of ether oxygens (including phenoxy) is 1. The van der Waals surface area contributed by atoms with Crippen LogP contribution in [-0.4, -0.2) is 24.4 Å². The summed E-state index contributed by atoms with van der Waals surface area (Å²) < 4.78 is 5.21. The van der Waals surface area contributed by atoms with Gasteiger partial charge in [-0.1, -0.05) is 25.1 Å². The van der Waals surface area contributed by atoms with Crippen molar-refractivity contribution in [3.63, 3.8) is 0 Å². The predicted octanol–water partition coefficient (Wildman–Crippen LogP) is 1.34. The Morgan fingerprint density at radius 1 is 1.40 bits per heavy atom. The maximum atomic E-state index is 9.81. The van der Waals surface area contributed by atoms with E-state index >= 15 is 0 Å². The van der Waals surface area contributed by atoms with E-state index in [1.807, 2.05) is 31.2 Å². The number of aliphatic hydroxyl groups is 1. The van der Waals surface area contributed by atoms with Gasteiger partial charge in [-0.25, -0.2) is 0 Å². The first-order valence-electron chi connectivity index (χ1n) is 5.24. The fraction of sp³-hybridized carbons (Fsp3) is 0.500. The highest BCUT2D eigenvalue weighted by molar-refractivity contribution is 5.33. The molecule has 3 N–H and O–H groups in total. The molecule has 2 atom stereocenters. The Bertz CT molecular complexity index is 301. The summed E-state index contributed by atoms with van der Waals surface area (Å²) in [6.07, 6.45) is 0.807. The molecule has 0 amide bonds. The van der Waals surface area contributed by atoms with Crippen LogP contribution in [-0.2, 0) is 6.42 Å². The zero-order valence-corrected chi connectivity index (χ0v) is 9.31. The van der Waals surface area contributed by atoms with Crippen molar-refractivity contribution in [1.29, 1.82) is 0 Å². The van der Waals surface area contributed by atoms with E-state index in [0.717, 1.165) is 17.7 Å². The molecule has 0 fully saturated rings. The summed E-state index contributed by atoms with van der Waals surface area (Å²) in [4.78, 5) is 0. The highest BCUT2D eigenvalue weighted by Crippen LogP contribution is 2.19. The van der Waals surface area contributed by atoms with Crippen molar-refractivity contribution in [3.05, 3.63) is 29.8 Å². The summed E-state index contributed by atoms with van der Waals surface area (Å²) in [6.45, 7) is 1.97. The van der Waals surface area contributed by atoms with Crippen molar-refractivity contribution in [2.45, 2.75) is 31.9 Å². The molecule has 3 heteroatoms. The molecule has 15 heavy (non-hydrogen) atoms. The van der Waals surface area contributed by atoms with Gasteiger partial charge in [0.15, 0.2) is 0 Å². The lowest BCUT2D eigenvalue weighted by atomic mass is 10.0. The van der Waals surface area contributed by atoms with Crippen LogP contribution in [0.15, 0.2) is 24.3 Å². The molecule has 0 aliphatic rings. The Kier molecular flexibility index (Phi) is 4.59. The van der Waals surface area contributed by atoms with E-state index < -0.39 is 6.10 Å². The number of benzene rings is 1. The molecule has 0 saturated carbocycles. The van der Waals surface area contributed by atoms with Crippen LogP contribution >= 0.6 is 0 Å². The van der Waals surface area contributed by atoms with Crippen molar-refractivity contribution in [3.8, 4) is 5.75 Å². The van der Waals surface area contributed by atoms with E-state index in [2.05, 4.69) is 0 Å². The standard InChI is InChI=1S/C12H19NO2/c1-3-10(13)11(14)8-9-6-4-5-7-12(9)15-2/h4-7,10-11,14H,3,8,13H2,1-2H3. The molecule has 0 aliphatic carbocycles. The maximum absolute atomic E-state index is 9.81. The molecule has 2 unspecified atom stereocenters. The zero-order valence-electron chi connectivity index (χ0n) is 9.31. The van der Waals surface area contributed by atoms with E-state index in [4.69, 9.17) is 10.5 Å². The third kappa shape index (κ3) is 3.22. The summed E-state index contributed by atoms with van der Waals surface area (Å²) in [5.41, 5.74) is 6.76. The monoisotopic (exact) mass is 209 g/mol. The van der Waals surface area contributed by atoms with E-state index in [0.29, 0.717) is 6.42 Å². The van der Waals surface area contributed by atoms with Crippen molar-refractivity contribution in [2.24, 2.45) is 5.73 Å². The Hall–Kier alpha value is -1.06. The van der Waals surface area contributed by atoms with Gasteiger partial charge in [0.2, 0.25) is 0 Å². The highest BCUT2D eigenvalue weighted by Gasteiger charge is 2.15. The first kappa shape index (κ1) is 12.0. The molecule has 0 saturated heterocycles. The van der Waals surface area contributed by atoms with Gasteiger partial charge in [-0.05, 0) is 18.1 Å². The van der Waals surface area contributed by atoms with Crippen molar-refractivity contribution in [2.75, 3.05) is 7.11 Å². The zero-order chi connectivity index (χ0) is 11.3. The van der Waals surface area contributed by atoms with Crippen LogP contribution in [0.4, 0.5) is 0 Å². The smallest absolute Gasteiger partial charge is 0.122 e. The van der Waals surface area contributed by atoms with Crippen LogP contribution in [0.1, 0.15) is 18.9 Å². The van der Waals surface area contributed by atoms with Gasteiger partial charge in [0.1, 0.15) is 5.75 Å². The van der Waals surface area contributed by atoms with Crippen LogP contribution in [0.2, 0.25) is 0 Å². The second-order valence-corrected chi connectivity index (χ2v) is 3.66. The van der Waals surface area contributed by atoms with Crippen molar-refractivity contribution in [1.82, 2.24) is 0 Å². The second kappa shape index (κ2) is 5.73. The Morgan fingerprint density at radius 3 is 2.67 bits per heavy atom. The number of para-hydroxylation sites is 1. The molecular weight excluding hydrogens is 190 g/mol. The highest BCUT2D eigenvalue weighted by atomic mass is 16.5. The molecule has 1 aromatic rings. The minimum absolute atomic E-state index is 0.171. The average molecular weight is 209 g/mol. The molecule has 1 aromatic carbocycles. The number of hydrogen-bond donors (Lipinski definition) is 2. The molecular formula is C12H19NO2. The van der Waals surface area contributed by atoms with Crippen molar-refractivity contribution < 1.29 is 9.84 Å². The largest absolute Gasteiger partial charge is 0.496 e. The molecule has 0 bridgehead atoms. The van der Waals surface area contributed by atoms with Gasteiger partial charge in [-0.15, -0.1) is 0 Å². The van der Waals surface area contributed by atoms with Gasteiger partial charge in [0, 0.05) is 12.5 Å². The van der Waals surface area contributed by atoms with Gasteiger partial charge in [-0.3, -0.25) is 0 Å². The van der Waals surface area contributed by atoms with Crippen LogP contribution < -0.4 is 10.5 Å². The minimum Gasteiger partial charge on any atom is -0.496 e. The summed E-state index contributed by atoms with van der Waals surface area (Å²) in [7, 11) is 1.63. The van der Waals surface area contributed by atoms with Crippen molar-refractivity contribution >= 4 is 0 Å². The molecule has 1 rings (SSSR count). The van der Waals surface area contributed by atoms with Crippen LogP contribution in [0.25, 0.3) is 0 Å². The molecule has 0 radical (unpaired) electrons. The third-order valence-corrected chi connectivity index (χ3v) is 2.59. The minimum atomic E-state index is -0.508. The number of methoxy groups -OCH3 is 1.